The Balaban J connectivity index is 0.858. The fraction of sp³-hybridized carbons (Fsp3) is 0.0182. The predicted molar refractivity (Wildman–Crippen MR) is 240 cm³/mol. The lowest BCUT2D eigenvalue weighted by Gasteiger charge is -2.07. The zero-order chi connectivity index (χ0) is 37.9. The van der Waals surface area contributed by atoms with E-state index in [4.69, 9.17) is 8.83 Å². The third-order valence-electron chi connectivity index (χ3n) is 12.4. The molecule has 0 fully saturated rings. The van der Waals surface area contributed by atoms with Gasteiger partial charge >= 0.3 is 0 Å². The topological polar surface area (TPSA) is 42.1 Å². The maximum atomic E-state index is 6.52. The summed E-state index contributed by atoms with van der Waals surface area (Å²) in [5.74, 6) is 0. The molecule has 3 heteroatoms. The molecule has 0 aliphatic heterocycles. The van der Waals surface area contributed by atoms with Crippen molar-refractivity contribution < 1.29 is 8.83 Å². The van der Waals surface area contributed by atoms with E-state index in [0.717, 1.165) is 67.1 Å². The van der Waals surface area contributed by atoms with Gasteiger partial charge in [0.2, 0.25) is 0 Å². The van der Waals surface area contributed by atoms with Gasteiger partial charge in [0.15, 0.2) is 0 Å². The molecule has 3 nitrogen and oxygen atoms in total. The van der Waals surface area contributed by atoms with E-state index >= 15 is 0 Å². The van der Waals surface area contributed by atoms with E-state index in [9.17, 15) is 0 Å². The second-order valence-corrected chi connectivity index (χ2v) is 15.8. The zero-order valence-electron chi connectivity index (χ0n) is 31.3. The molecule has 0 saturated heterocycles. The van der Waals surface area contributed by atoms with Crippen molar-refractivity contribution in [1.29, 1.82) is 0 Å². The molecule has 3 heterocycles. The number of furan rings is 2. The van der Waals surface area contributed by atoms with Gasteiger partial charge in [-0.1, -0.05) is 109 Å². The predicted octanol–water partition coefficient (Wildman–Crippen LogP) is 15.4. The van der Waals surface area contributed by atoms with E-state index in [1.54, 1.807) is 0 Å². The van der Waals surface area contributed by atoms with Gasteiger partial charge < -0.3 is 13.8 Å². The van der Waals surface area contributed by atoms with Crippen LogP contribution in [0.1, 0.15) is 11.1 Å². The van der Waals surface area contributed by atoms with Crippen LogP contribution in [0.25, 0.3) is 121 Å². The van der Waals surface area contributed by atoms with Crippen molar-refractivity contribution >= 4 is 65.7 Å². The molecule has 58 heavy (non-hydrogen) atoms. The summed E-state index contributed by atoms with van der Waals surface area (Å²) in [4.78, 5) is 3.67. The molecule has 0 radical (unpaired) electrons. The van der Waals surface area contributed by atoms with E-state index in [1.807, 2.05) is 0 Å². The second kappa shape index (κ2) is 11.9. The molecular weight excluding hydrogens is 707 g/mol. The van der Waals surface area contributed by atoms with Gasteiger partial charge in [0, 0.05) is 43.4 Å². The number of aromatic amines is 1. The zero-order valence-corrected chi connectivity index (χ0v) is 31.3. The number of H-pyrrole nitrogens is 1. The van der Waals surface area contributed by atoms with Crippen LogP contribution in [0.15, 0.2) is 191 Å². The largest absolute Gasteiger partial charge is 0.456 e. The van der Waals surface area contributed by atoms with Crippen molar-refractivity contribution in [3.05, 3.63) is 193 Å². The SMILES string of the molecule is c1ccc(-c2ccc3c(c2)-c2cc4oc5ccc(-c6cccc(-c7ccc8oc9cc%10c(cc9c8c7)[nH]c7ccc(-c8ccccc8)cc7%10)c6)cc5c4cc2C3)cc1. The normalized spacial score (nSPS) is 12.4. The van der Waals surface area contributed by atoms with Gasteiger partial charge in [0.25, 0.3) is 0 Å². The maximum Gasteiger partial charge on any atom is 0.136 e. The minimum absolute atomic E-state index is 0.889. The Morgan fingerprint density at radius 3 is 1.50 bits per heavy atom. The molecule has 0 spiro atoms. The van der Waals surface area contributed by atoms with Crippen molar-refractivity contribution in [1.82, 2.24) is 4.98 Å². The minimum atomic E-state index is 0.889. The van der Waals surface area contributed by atoms with Gasteiger partial charge in [-0.3, -0.25) is 0 Å². The molecule has 0 saturated carbocycles. The van der Waals surface area contributed by atoms with Crippen LogP contribution in [-0.4, -0.2) is 4.98 Å². The molecule has 1 aliphatic carbocycles. The van der Waals surface area contributed by atoms with Crippen molar-refractivity contribution in [3.63, 3.8) is 0 Å². The van der Waals surface area contributed by atoms with E-state index in [2.05, 4.69) is 187 Å². The molecule has 12 aromatic rings. The number of aromatic nitrogens is 1. The summed E-state index contributed by atoms with van der Waals surface area (Å²) < 4.78 is 13.0. The number of fused-ring (bicyclic) bond motifs is 12. The van der Waals surface area contributed by atoms with Crippen LogP contribution in [-0.2, 0) is 6.42 Å². The van der Waals surface area contributed by atoms with E-state index in [-0.39, 0.29) is 0 Å². The molecule has 3 aromatic heterocycles. The third-order valence-corrected chi connectivity index (χ3v) is 12.4. The van der Waals surface area contributed by atoms with Crippen LogP contribution in [0.3, 0.4) is 0 Å². The smallest absolute Gasteiger partial charge is 0.136 e. The Bertz CT molecular complexity index is 3640. The summed E-state index contributed by atoms with van der Waals surface area (Å²) in [6.45, 7) is 0. The van der Waals surface area contributed by atoms with Crippen molar-refractivity contribution in [2.24, 2.45) is 0 Å². The summed E-state index contributed by atoms with van der Waals surface area (Å²) in [6, 6.07) is 65.8. The molecule has 270 valence electrons. The molecule has 13 rings (SSSR count). The standard InChI is InChI=1S/C55H33NO2/c1-3-8-32(9-4-1)36-14-15-40-23-41-28-48-46-26-38(17-20-52(46)57-54(48)30-43(41)42(40)24-36)34-12-7-13-35(22-34)39-18-21-53-47(27-39)49-29-51-45(31-55(49)58-53)44-25-37(16-19-50(44)56-51)33-10-5-2-6-11-33/h1-22,24-31,56H,23H2. The number of hydrogen-bond acceptors (Lipinski definition) is 2. The lowest BCUT2D eigenvalue weighted by atomic mass is 9.96. The number of nitrogens with one attached hydrogen (secondary N) is 1. The highest BCUT2D eigenvalue weighted by atomic mass is 16.3. The average Bonchev–Trinajstić information content (AvgIpc) is 4.04. The lowest BCUT2D eigenvalue weighted by molar-refractivity contribution is 0.669. The first-order valence-electron chi connectivity index (χ1n) is 19.9. The quantitative estimate of drug-likeness (QED) is 0.195. The first-order valence-corrected chi connectivity index (χ1v) is 19.9. The summed E-state index contributed by atoms with van der Waals surface area (Å²) in [6.07, 6.45) is 0.933. The van der Waals surface area contributed by atoms with Crippen LogP contribution in [0.5, 0.6) is 0 Å². The Hall–Kier alpha value is -7.62. The Labute approximate surface area is 333 Å². The lowest BCUT2D eigenvalue weighted by Crippen LogP contribution is -1.82. The van der Waals surface area contributed by atoms with Gasteiger partial charge in [0.1, 0.15) is 22.3 Å². The molecule has 1 aliphatic rings. The first kappa shape index (κ1) is 31.6. The van der Waals surface area contributed by atoms with Gasteiger partial charge in [-0.15, -0.1) is 0 Å². The monoisotopic (exact) mass is 739 g/mol. The Morgan fingerprint density at radius 1 is 0.293 bits per heavy atom. The average molecular weight is 740 g/mol. The highest BCUT2D eigenvalue weighted by Gasteiger charge is 2.22. The Morgan fingerprint density at radius 2 is 0.793 bits per heavy atom. The fourth-order valence-corrected chi connectivity index (χ4v) is 9.48. The molecule has 1 N–H and O–H groups in total. The number of rotatable bonds is 4. The first-order chi connectivity index (χ1) is 28.7. The molecule has 0 atom stereocenters. The van der Waals surface area contributed by atoms with Crippen molar-refractivity contribution in [2.45, 2.75) is 6.42 Å². The van der Waals surface area contributed by atoms with Gasteiger partial charge in [-0.2, -0.15) is 0 Å². The van der Waals surface area contributed by atoms with Crippen molar-refractivity contribution in [3.8, 4) is 55.6 Å². The van der Waals surface area contributed by atoms with E-state index in [0.29, 0.717) is 0 Å². The molecular formula is C55H33NO2. The molecule has 9 aromatic carbocycles. The summed E-state index contributed by atoms with van der Waals surface area (Å²) >= 11 is 0. The van der Waals surface area contributed by atoms with E-state index in [1.165, 1.54) is 71.8 Å². The van der Waals surface area contributed by atoms with Crippen LogP contribution in [0, 0.1) is 0 Å². The highest BCUT2D eigenvalue weighted by molar-refractivity contribution is 6.17. The fourth-order valence-electron chi connectivity index (χ4n) is 9.48. The van der Waals surface area contributed by atoms with E-state index < -0.39 is 0 Å². The third kappa shape index (κ3) is 4.80. The highest BCUT2D eigenvalue weighted by Crippen LogP contribution is 2.44. The minimum Gasteiger partial charge on any atom is -0.456 e. The van der Waals surface area contributed by atoms with Crippen LogP contribution < -0.4 is 0 Å². The number of benzene rings is 9. The second-order valence-electron chi connectivity index (χ2n) is 15.8. The molecule has 0 amide bonds. The van der Waals surface area contributed by atoms with Crippen LogP contribution in [0.4, 0.5) is 0 Å². The summed E-state index contributed by atoms with van der Waals surface area (Å²) in [7, 11) is 0. The Kier molecular flexibility index (Phi) is 6.50. The summed E-state index contributed by atoms with van der Waals surface area (Å²) in [5.41, 5.74) is 20.7. The van der Waals surface area contributed by atoms with Crippen molar-refractivity contribution in [2.75, 3.05) is 0 Å². The molecule has 0 bridgehead atoms. The van der Waals surface area contributed by atoms with Crippen LogP contribution >= 0.6 is 0 Å². The van der Waals surface area contributed by atoms with Gasteiger partial charge in [0.05, 0.1) is 0 Å². The van der Waals surface area contributed by atoms with Gasteiger partial charge in [-0.25, -0.2) is 0 Å². The van der Waals surface area contributed by atoms with Crippen LogP contribution in [0.2, 0.25) is 0 Å². The maximum absolute atomic E-state index is 6.52. The summed E-state index contributed by atoms with van der Waals surface area (Å²) in [5, 5.41) is 6.90. The molecule has 0 unspecified atom stereocenters. The number of hydrogen-bond donors (Lipinski definition) is 1. The van der Waals surface area contributed by atoms with Gasteiger partial charge in [-0.05, 0) is 146 Å².